The van der Waals surface area contributed by atoms with Crippen LogP contribution in [0.5, 0.6) is 0 Å². The average molecular weight is 500 g/mol. The van der Waals surface area contributed by atoms with E-state index in [1.165, 1.54) is 30.5 Å². The molecule has 0 unspecified atom stereocenters. The van der Waals surface area contributed by atoms with Crippen LogP contribution in [0, 0.1) is 52.1 Å². The molecule has 5 nitrogen and oxygen atoms in total. The summed E-state index contributed by atoms with van der Waals surface area (Å²) in [5, 5.41) is 19.2. The Hall–Kier alpha value is -1.89. The number of aliphatic hydroxyl groups is 1. The quantitative estimate of drug-likeness (QED) is 0.554. The summed E-state index contributed by atoms with van der Waals surface area (Å²) < 4.78 is 27.7. The molecule has 4 aliphatic carbocycles. The van der Waals surface area contributed by atoms with Gasteiger partial charge in [0, 0.05) is 18.1 Å². The Kier molecular flexibility index (Phi) is 5.64. The number of Topliss-reactive ketones (excluding diaryl/α,β-unsaturated/α-hetero) is 1. The third kappa shape index (κ3) is 3.58. The summed E-state index contributed by atoms with van der Waals surface area (Å²) in [7, 11) is 0. The van der Waals surface area contributed by atoms with Crippen molar-refractivity contribution in [3.63, 3.8) is 0 Å². The highest BCUT2D eigenvalue weighted by molar-refractivity contribution is 5.82. The van der Waals surface area contributed by atoms with Gasteiger partial charge in [0.25, 0.3) is 0 Å². The first-order valence-electron chi connectivity index (χ1n) is 14.0. The maximum absolute atomic E-state index is 14.1. The van der Waals surface area contributed by atoms with Gasteiger partial charge in [0.15, 0.2) is 11.6 Å². The van der Waals surface area contributed by atoms with Crippen LogP contribution >= 0.6 is 0 Å². The second-order valence-electron chi connectivity index (χ2n) is 13.1. The van der Waals surface area contributed by atoms with Crippen LogP contribution in [0.15, 0.2) is 12.1 Å². The highest BCUT2D eigenvalue weighted by Crippen LogP contribution is 2.69. The lowest BCUT2D eigenvalue weighted by molar-refractivity contribution is -0.158. The second-order valence-corrected chi connectivity index (χ2v) is 13.1. The molecule has 1 N–H and O–H groups in total. The lowest BCUT2D eigenvalue weighted by atomic mass is 9.42. The third-order valence-corrected chi connectivity index (χ3v) is 11.4. The fourth-order valence-corrected chi connectivity index (χ4v) is 9.78. The van der Waals surface area contributed by atoms with E-state index in [0.29, 0.717) is 29.1 Å². The summed E-state index contributed by atoms with van der Waals surface area (Å²) in [5.41, 5.74) is -0.0563. The highest BCUT2D eigenvalue weighted by Gasteiger charge is 2.62. The van der Waals surface area contributed by atoms with E-state index in [0.717, 1.165) is 50.7 Å². The summed E-state index contributed by atoms with van der Waals surface area (Å²) in [5.74, 6) is 1.15. The fourth-order valence-electron chi connectivity index (χ4n) is 9.78. The number of aromatic nitrogens is 3. The Labute approximate surface area is 212 Å². The lowest BCUT2D eigenvalue weighted by Crippen LogP contribution is -2.56. The fraction of sp³-hybridized carbons (Fsp3) is 0.759. The number of hydrogen-bond donors (Lipinski definition) is 1. The van der Waals surface area contributed by atoms with Crippen molar-refractivity contribution in [2.45, 2.75) is 97.1 Å². The number of carbonyl (C=O) groups is 1. The molecule has 4 aliphatic rings. The van der Waals surface area contributed by atoms with E-state index in [2.05, 4.69) is 24.0 Å². The molecule has 1 aromatic carbocycles. The van der Waals surface area contributed by atoms with Crippen LogP contribution in [0.2, 0.25) is 0 Å². The molecule has 36 heavy (non-hydrogen) atoms. The predicted octanol–water partition coefficient (Wildman–Crippen LogP) is 6.08. The van der Waals surface area contributed by atoms with Gasteiger partial charge in [-0.15, -0.1) is 5.10 Å². The van der Waals surface area contributed by atoms with Gasteiger partial charge >= 0.3 is 0 Å². The topological polar surface area (TPSA) is 68.0 Å². The number of ketones is 1. The van der Waals surface area contributed by atoms with Crippen molar-refractivity contribution in [1.82, 2.24) is 15.0 Å². The van der Waals surface area contributed by atoms with Crippen LogP contribution in [-0.2, 0) is 11.3 Å². The smallest absolute Gasteiger partial charge is 0.159 e. The van der Waals surface area contributed by atoms with E-state index in [4.69, 9.17) is 0 Å². The normalized spacial score (nSPS) is 42.1. The Morgan fingerprint density at radius 1 is 1.06 bits per heavy atom. The van der Waals surface area contributed by atoms with Gasteiger partial charge in [-0.3, -0.25) is 4.79 Å². The standard InChI is InChI=1S/C29H39F2N3O2/c1-4-29-12-11-27(2,36)15-17(29)5-6-19-20-7-8-22(28(20,3)10-9-21(19)29)25(35)16-34-32-24-14-18(30)13-23(31)26(24)33-34/h13-14,17,19-22,36H,4-12,15-16H2,1-3H3/t17-,19-,20-,21-,22+,27+,28-,29-/m0/s1. The molecule has 1 aromatic heterocycles. The van der Waals surface area contributed by atoms with Crippen molar-refractivity contribution >= 4 is 16.8 Å². The minimum atomic E-state index is -0.750. The third-order valence-electron chi connectivity index (χ3n) is 11.4. The number of fused-ring (bicyclic) bond motifs is 6. The number of hydrogen-bond acceptors (Lipinski definition) is 4. The summed E-state index contributed by atoms with van der Waals surface area (Å²) in [6, 6.07) is 1.96. The molecule has 0 amide bonds. The molecule has 0 aliphatic heterocycles. The van der Waals surface area contributed by atoms with Crippen LogP contribution in [0.3, 0.4) is 0 Å². The van der Waals surface area contributed by atoms with Crippen LogP contribution in [0.25, 0.3) is 11.0 Å². The first kappa shape index (κ1) is 24.4. The summed E-state index contributed by atoms with van der Waals surface area (Å²) in [6.07, 6.45) is 10.8. The highest BCUT2D eigenvalue weighted by atomic mass is 19.1. The van der Waals surface area contributed by atoms with E-state index in [9.17, 15) is 18.7 Å². The molecule has 2 aromatic rings. The van der Waals surface area contributed by atoms with Gasteiger partial charge in [-0.2, -0.15) is 9.90 Å². The van der Waals surface area contributed by atoms with Gasteiger partial charge in [-0.05, 0) is 106 Å². The average Bonchev–Trinajstić information content (AvgIpc) is 3.38. The van der Waals surface area contributed by atoms with Crippen molar-refractivity contribution < 1.29 is 18.7 Å². The first-order chi connectivity index (χ1) is 17.1. The van der Waals surface area contributed by atoms with E-state index in [1.807, 2.05) is 6.92 Å². The van der Waals surface area contributed by atoms with Crippen LogP contribution in [0.1, 0.15) is 85.0 Å². The Morgan fingerprint density at radius 2 is 1.86 bits per heavy atom. The minimum absolute atomic E-state index is 0.00681. The molecule has 4 fully saturated rings. The molecular weight excluding hydrogens is 460 g/mol. The zero-order valence-corrected chi connectivity index (χ0v) is 21.8. The molecule has 0 radical (unpaired) electrons. The molecule has 8 atom stereocenters. The zero-order valence-electron chi connectivity index (χ0n) is 21.8. The summed E-state index contributed by atoms with van der Waals surface area (Å²) >= 11 is 0. The zero-order chi connectivity index (χ0) is 25.5. The maximum Gasteiger partial charge on any atom is 0.159 e. The van der Waals surface area contributed by atoms with E-state index in [1.54, 1.807) is 0 Å². The molecule has 7 heteroatoms. The molecular formula is C29H39F2N3O2. The summed E-state index contributed by atoms with van der Waals surface area (Å²) in [4.78, 5) is 14.8. The predicted molar refractivity (Wildman–Crippen MR) is 133 cm³/mol. The van der Waals surface area contributed by atoms with Gasteiger partial charge in [-0.25, -0.2) is 8.78 Å². The maximum atomic E-state index is 14.1. The monoisotopic (exact) mass is 499 g/mol. The minimum Gasteiger partial charge on any atom is -0.390 e. The first-order valence-corrected chi connectivity index (χ1v) is 14.0. The van der Waals surface area contributed by atoms with Crippen LogP contribution < -0.4 is 0 Å². The van der Waals surface area contributed by atoms with Gasteiger partial charge in [0.05, 0.1) is 5.60 Å². The van der Waals surface area contributed by atoms with Gasteiger partial charge in [0.1, 0.15) is 23.4 Å². The molecule has 0 bridgehead atoms. The van der Waals surface area contributed by atoms with Crippen LogP contribution in [-0.4, -0.2) is 31.5 Å². The molecule has 0 saturated heterocycles. The van der Waals surface area contributed by atoms with Crippen LogP contribution in [0.4, 0.5) is 8.78 Å². The second kappa shape index (κ2) is 8.31. The SMILES string of the molecule is CC[C@]12CC[C@@](C)(O)C[C@@H]1CC[C@H]1[C@@H]3CC[C@H](C(=O)Cn4nc5cc(F)cc(F)c5n4)[C@@]3(C)CC[C@@H]12. The van der Waals surface area contributed by atoms with Gasteiger partial charge < -0.3 is 5.11 Å². The Morgan fingerprint density at radius 3 is 2.64 bits per heavy atom. The lowest BCUT2D eigenvalue weighted by Gasteiger charge is -2.63. The Balaban J connectivity index is 1.22. The number of nitrogens with zero attached hydrogens (tertiary/aromatic N) is 3. The number of rotatable bonds is 4. The molecule has 196 valence electrons. The van der Waals surface area contributed by atoms with E-state index < -0.39 is 17.2 Å². The molecule has 1 heterocycles. The van der Waals surface area contributed by atoms with Gasteiger partial charge in [0.2, 0.25) is 0 Å². The molecule has 0 spiro atoms. The van der Waals surface area contributed by atoms with Crippen molar-refractivity contribution in [3.8, 4) is 0 Å². The number of benzene rings is 1. The molecule has 4 saturated carbocycles. The van der Waals surface area contributed by atoms with Gasteiger partial charge in [-0.1, -0.05) is 13.8 Å². The number of carbonyl (C=O) groups excluding carboxylic acids is 1. The molecule has 6 rings (SSSR count). The van der Waals surface area contributed by atoms with Crippen molar-refractivity contribution in [1.29, 1.82) is 0 Å². The number of halogens is 2. The van der Waals surface area contributed by atoms with E-state index in [-0.39, 0.29) is 34.7 Å². The largest absolute Gasteiger partial charge is 0.390 e. The van der Waals surface area contributed by atoms with Crippen molar-refractivity contribution in [3.05, 3.63) is 23.8 Å². The Bertz CT molecular complexity index is 1190. The van der Waals surface area contributed by atoms with Crippen molar-refractivity contribution in [2.75, 3.05) is 0 Å². The summed E-state index contributed by atoms with van der Waals surface area (Å²) in [6.45, 7) is 6.72. The van der Waals surface area contributed by atoms with E-state index >= 15 is 0 Å². The van der Waals surface area contributed by atoms with Crippen molar-refractivity contribution in [2.24, 2.45) is 40.4 Å².